The van der Waals surface area contributed by atoms with Crippen molar-refractivity contribution in [2.24, 2.45) is 0 Å². The second-order valence-corrected chi connectivity index (χ2v) is 5.56. The Kier molecular flexibility index (Phi) is 4.53. The first-order valence-corrected chi connectivity index (χ1v) is 6.17. The molecule has 5 heteroatoms. The quantitative estimate of drug-likeness (QED) is 0.719. The summed E-state index contributed by atoms with van der Waals surface area (Å²) < 4.78 is 0. The van der Waals surface area contributed by atoms with Crippen LogP contribution in [0.3, 0.4) is 0 Å². The van der Waals surface area contributed by atoms with Gasteiger partial charge in [-0.1, -0.05) is 0 Å². The van der Waals surface area contributed by atoms with E-state index in [9.17, 15) is 9.59 Å². The molecular weight excluding hydrogens is 242 g/mol. The minimum atomic E-state index is -0.593. The van der Waals surface area contributed by atoms with Crippen LogP contribution in [-0.4, -0.2) is 23.4 Å². The van der Waals surface area contributed by atoms with E-state index in [4.69, 9.17) is 5.73 Å². The van der Waals surface area contributed by atoms with Gasteiger partial charge in [0, 0.05) is 16.8 Å². The molecule has 0 radical (unpaired) electrons. The highest BCUT2D eigenvalue weighted by molar-refractivity contribution is 5.97. The number of carbonyl (C=O) groups is 2. The summed E-state index contributed by atoms with van der Waals surface area (Å²) in [5.41, 5.74) is 6.30. The molecule has 1 unspecified atom stereocenters. The summed E-state index contributed by atoms with van der Waals surface area (Å²) >= 11 is 0. The van der Waals surface area contributed by atoms with Crippen LogP contribution in [0, 0.1) is 0 Å². The van der Waals surface area contributed by atoms with Gasteiger partial charge in [-0.15, -0.1) is 0 Å². The first kappa shape index (κ1) is 15.0. The Morgan fingerprint density at radius 2 is 1.68 bits per heavy atom. The molecule has 4 N–H and O–H groups in total. The van der Waals surface area contributed by atoms with Crippen LogP contribution >= 0.6 is 0 Å². The number of nitrogens with one attached hydrogen (secondary N) is 2. The van der Waals surface area contributed by atoms with Crippen LogP contribution in [0.25, 0.3) is 0 Å². The lowest BCUT2D eigenvalue weighted by atomic mass is 10.1. The first-order valence-electron chi connectivity index (χ1n) is 6.17. The number of nitrogen functional groups attached to an aromatic ring is 1. The fraction of sp³-hybridized carbons (Fsp3) is 0.429. The van der Waals surface area contributed by atoms with E-state index in [-0.39, 0.29) is 17.4 Å². The van der Waals surface area contributed by atoms with Crippen LogP contribution in [0.15, 0.2) is 24.3 Å². The molecule has 0 aliphatic heterocycles. The molecule has 0 bridgehead atoms. The van der Waals surface area contributed by atoms with Gasteiger partial charge in [-0.05, 0) is 52.0 Å². The fourth-order valence-electron chi connectivity index (χ4n) is 1.46. The Balaban J connectivity index is 2.61. The van der Waals surface area contributed by atoms with Crippen molar-refractivity contribution >= 4 is 17.5 Å². The number of rotatable bonds is 3. The molecule has 0 spiro atoms. The average Bonchev–Trinajstić information content (AvgIpc) is 2.27. The molecule has 0 fully saturated rings. The first-order chi connectivity index (χ1) is 8.69. The van der Waals surface area contributed by atoms with Crippen LogP contribution in [0.5, 0.6) is 0 Å². The molecule has 1 aromatic carbocycles. The summed E-state index contributed by atoms with van der Waals surface area (Å²) in [7, 11) is 0. The molecule has 0 saturated heterocycles. The van der Waals surface area contributed by atoms with Gasteiger partial charge in [-0.2, -0.15) is 0 Å². The fourth-order valence-corrected chi connectivity index (χ4v) is 1.46. The third kappa shape index (κ3) is 4.99. The van der Waals surface area contributed by atoms with Crippen molar-refractivity contribution in [1.82, 2.24) is 10.6 Å². The number of anilines is 1. The van der Waals surface area contributed by atoms with E-state index < -0.39 is 6.04 Å². The minimum absolute atomic E-state index is 0.212. The summed E-state index contributed by atoms with van der Waals surface area (Å²) in [5.74, 6) is -0.507. The second kappa shape index (κ2) is 5.73. The molecule has 1 atom stereocenters. The zero-order valence-electron chi connectivity index (χ0n) is 11.8. The predicted octanol–water partition coefficient (Wildman–Crippen LogP) is 1.30. The van der Waals surface area contributed by atoms with Crippen molar-refractivity contribution in [1.29, 1.82) is 0 Å². The van der Waals surface area contributed by atoms with Gasteiger partial charge in [0.1, 0.15) is 6.04 Å². The number of hydrogen-bond acceptors (Lipinski definition) is 3. The maximum Gasteiger partial charge on any atom is 0.251 e. The summed E-state index contributed by atoms with van der Waals surface area (Å²) in [6.45, 7) is 7.31. The average molecular weight is 263 g/mol. The van der Waals surface area contributed by atoms with Crippen LogP contribution < -0.4 is 16.4 Å². The monoisotopic (exact) mass is 263 g/mol. The Bertz CT molecular complexity index is 461. The zero-order chi connectivity index (χ0) is 14.6. The summed E-state index contributed by atoms with van der Waals surface area (Å²) in [6, 6.07) is 5.95. The maximum atomic E-state index is 11.9. The molecular formula is C14H21N3O2. The van der Waals surface area contributed by atoms with Crippen LogP contribution in [0.2, 0.25) is 0 Å². The van der Waals surface area contributed by atoms with Gasteiger partial charge in [-0.25, -0.2) is 0 Å². The van der Waals surface area contributed by atoms with Crippen molar-refractivity contribution in [3.8, 4) is 0 Å². The molecule has 1 rings (SSSR count). The smallest absolute Gasteiger partial charge is 0.251 e. The molecule has 0 saturated carbocycles. The summed E-state index contributed by atoms with van der Waals surface area (Å²) in [6.07, 6.45) is 0. The Labute approximate surface area is 113 Å². The van der Waals surface area contributed by atoms with Gasteiger partial charge in [-0.3, -0.25) is 9.59 Å². The standard InChI is InChI=1S/C14H21N3O2/c1-9(12(18)17-14(2,3)4)16-13(19)10-5-7-11(15)8-6-10/h5-9H,15H2,1-4H3,(H,16,19)(H,17,18). The van der Waals surface area contributed by atoms with E-state index in [1.165, 1.54) is 0 Å². The largest absolute Gasteiger partial charge is 0.399 e. The Morgan fingerprint density at radius 1 is 1.16 bits per heavy atom. The molecule has 0 heterocycles. The van der Waals surface area contributed by atoms with Crippen molar-refractivity contribution < 1.29 is 9.59 Å². The maximum absolute atomic E-state index is 11.9. The molecule has 0 aliphatic carbocycles. The topological polar surface area (TPSA) is 84.2 Å². The minimum Gasteiger partial charge on any atom is -0.399 e. The normalized spacial score (nSPS) is 12.6. The van der Waals surface area contributed by atoms with Gasteiger partial charge in [0.15, 0.2) is 0 Å². The summed E-state index contributed by atoms with van der Waals surface area (Å²) in [4.78, 5) is 23.7. The van der Waals surface area contributed by atoms with E-state index in [0.29, 0.717) is 11.3 Å². The number of nitrogens with two attached hydrogens (primary N) is 1. The number of amides is 2. The van der Waals surface area contributed by atoms with Crippen molar-refractivity contribution in [3.63, 3.8) is 0 Å². The number of hydrogen-bond donors (Lipinski definition) is 3. The van der Waals surface area contributed by atoms with Gasteiger partial charge in [0.05, 0.1) is 0 Å². The third-order valence-corrected chi connectivity index (χ3v) is 2.41. The number of carbonyl (C=O) groups excluding carboxylic acids is 2. The van der Waals surface area contributed by atoms with Crippen molar-refractivity contribution in [3.05, 3.63) is 29.8 Å². The Hall–Kier alpha value is -2.04. The molecule has 0 aromatic heterocycles. The van der Waals surface area contributed by atoms with E-state index in [1.807, 2.05) is 20.8 Å². The van der Waals surface area contributed by atoms with Gasteiger partial charge in [0.2, 0.25) is 5.91 Å². The van der Waals surface area contributed by atoms with Crippen molar-refractivity contribution in [2.45, 2.75) is 39.3 Å². The van der Waals surface area contributed by atoms with Gasteiger partial charge >= 0.3 is 0 Å². The van der Waals surface area contributed by atoms with Crippen molar-refractivity contribution in [2.75, 3.05) is 5.73 Å². The van der Waals surface area contributed by atoms with E-state index in [2.05, 4.69) is 10.6 Å². The highest BCUT2D eigenvalue weighted by atomic mass is 16.2. The zero-order valence-corrected chi connectivity index (χ0v) is 11.8. The molecule has 104 valence electrons. The highest BCUT2D eigenvalue weighted by Gasteiger charge is 2.20. The van der Waals surface area contributed by atoms with Crippen LogP contribution in [-0.2, 0) is 4.79 Å². The Morgan fingerprint density at radius 3 is 2.16 bits per heavy atom. The lowest BCUT2D eigenvalue weighted by Crippen LogP contribution is -2.50. The second-order valence-electron chi connectivity index (χ2n) is 5.56. The van der Waals surface area contributed by atoms with E-state index in [0.717, 1.165) is 0 Å². The van der Waals surface area contributed by atoms with Crippen LogP contribution in [0.1, 0.15) is 38.1 Å². The molecule has 0 aliphatic rings. The molecule has 1 aromatic rings. The van der Waals surface area contributed by atoms with Gasteiger partial charge < -0.3 is 16.4 Å². The molecule has 19 heavy (non-hydrogen) atoms. The summed E-state index contributed by atoms with van der Waals surface area (Å²) in [5, 5.41) is 5.46. The van der Waals surface area contributed by atoms with E-state index >= 15 is 0 Å². The third-order valence-electron chi connectivity index (χ3n) is 2.41. The highest BCUT2D eigenvalue weighted by Crippen LogP contribution is 2.06. The lowest BCUT2D eigenvalue weighted by Gasteiger charge is -2.23. The van der Waals surface area contributed by atoms with Gasteiger partial charge in [0.25, 0.3) is 5.91 Å². The molecule has 5 nitrogen and oxygen atoms in total. The lowest BCUT2D eigenvalue weighted by molar-refractivity contribution is -0.124. The van der Waals surface area contributed by atoms with E-state index in [1.54, 1.807) is 31.2 Å². The molecule has 2 amide bonds. The number of benzene rings is 1. The van der Waals surface area contributed by atoms with Crippen LogP contribution in [0.4, 0.5) is 5.69 Å². The SMILES string of the molecule is CC(NC(=O)c1ccc(N)cc1)C(=O)NC(C)(C)C. The predicted molar refractivity (Wildman–Crippen MR) is 75.7 cm³/mol.